The first-order valence-corrected chi connectivity index (χ1v) is 7.22. The highest BCUT2D eigenvalue weighted by Gasteiger charge is 2.38. The summed E-state index contributed by atoms with van der Waals surface area (Å²) in [5.41, 5.74) is -0.231. The van der Waals surface area contributed by atoms with Gasteiger partial charge >= 0.3 is 12.4 Å². The molecular formula is C14H13ClF6N6. The van der Waals surface area contributed by atoms with Crippen molar-refractivity contribution in [2.24, 2.45) is 0 Å². The molecular weight excluding hydrogens is 402 g/mol. The lowest BCUT2D eigenvalue weighted by Crippen LogP contribution is -2.35. The highest BCUT2D eigenvalue weighted by Crippen LogP contribution is 2.26. The fourth-order valence-corrected chi connectivity index (χ4v) is 1.74. The van der Waals surface area contributed by atoms with Crippen LogP contribution in [0.4, 0.5) is 38.2 Å². The average molecular weight is 421 g/mol. The number of pyridine rings is 1. The van der Waals surface area contributed by atoms with E-state index in [4.69, 9.17) is 19.8 Å². The van der Waals surface area contributed by atoms with Crippen molar-refractivity contribution in [3.8, 4) is 11.5 Å². The Morgan fingerprint density at radius 1 is 0.889 bits per heavy atom. The molecule has 0 aliphatic rings. The maximum atomic E-state index is 13.2. The predicted octanol–water partition coefficient (Wildman–Crippen LogP) is 4.31. The number of nitrogens with one attached hydrogen (secondary N) is 2. The normalized spacial score (nSPS) is 18.8. The zero-order chi connectivity index (χ0) is 25.4. The molecule has 0 unspecified atom stereocenters. The highest BCUT2D eigenvalue weighted by atomic mass is 35.5. The Hall–Kier alpha value is -2.37. The summed E-state index contributed by atoms with van der Waals surface area (Å²) in [6.45, 7) is -7.31. The van der Waals surface area contributed by atoms with Gasteiger partial charge in [0, 0.05) is 8.22 Å². The van der Waals surface area contributed by atoms with Crippen molar-refractivity contribution in [2.75, 3.05) is 10.6 Å². The minimum absolute atomic E-state index is 0.136. The molecule has 0 saturated heterocycles. The second-order valence-corrected chi connectivity index (χ2v) is 5.28. The fourth-order valence-electron chi connectivity index (χ4n) is 1.57. The summed E-state index contributed by atoms with van der Waals surface area (Å²) in [5, 5.41) is 2.87. The summed E-state index contributed by atoms with van der Waals surface area (Å²) in [4.78, 5) is 14.2. The van der Waals surface area contributed by atoms with Gasteiger partial charge in [-0.2, -0.15) is 41.3 Å². The zero-order valence-electron chi connectivity index (χ0n) is 18.8. The molecule has 148 valence electrons. The molecule has 0 bridgehead atoms. The third kappa shape index (κ3) is 5.81. The van der Waals surface area contributed by atoms with E-state index in [1.54, 1.807) is 0 Å². The number of rotatable bonds is 5. The molecule has 0 aliphatic carbocycles. The molecule has 6 nitrogen and oxygen atoms in total. The Morgan fingerprint density at radius 3 is 1.81 bits per heavy atom. The van der Waals surface area contributed by atoms with Gasteiger partial charge in [0.05, 0.1) is 0 Å². The van der Waals surface area contributed by atoms with Crippen molar-refractivity contribution < 1.29 is 34.6 Å². The molecule has 13 heteroatoms. The van der Waals surface area contributed by atoms with Gasteiger partial charge in [0.1, 0.15) is 22.9 Å². The lowest BCUT2D eigenvalue weighted by molar-refractivity contribution is -0.139. The molecule has 0 amide bonds. The van der Waals surface area contributed by atoms with Gasteiger partial charge in [-0.1, -0.05) is 17.7 Å². The second kappa shape index (κ2) is 7.71. The minimum atomic E-state index is -5.34. The molecule has 27 heavy (non-hydrogen) atoms. The van der Waals surface area contributed by atoms with Crippen LogP contribution >= 0.6 is 11.6 Å². The fraction of sp³-hybridized carbons (Fsp3) is 0.429. The van der Waals surface area contributed by atoms with E-state index in [9.17, 15) is 26.3 Å². The monoisotopic (exact) mass is 420 g/mol. The largest absolute Gasteiger partial charge is 0.408 e. The smallest absolute Gasteiger partial charge is 0.343 e. The van der Waals surface area contributed by atoms with E-state index in [1.165, 1.54) is 28.8 Å². The van der Waals surface area contributed by atoms with E-state index >= 15 is 0 Å². The molecule has 0 fully saturated rings. The standard InChI is InChI=1S/C14H13ClF6N6/c1-6(13(16,17)18)22-11-25-10(8-4-3-5-9(15)24-8)26-12(27-11)23-7(2)14(19,20)21/h3-7H,1-2H3,(H2,22,23,25,26,27)/t6-,7-/m1/s1/i1D3,2D3. The SMILES string of the molecule is [2H]C([2H])([2H])[C@@H](Nc1nc(N[C@H](C([2H])([2H])[2H])C(F)(F)F)nc(-c2cccc(Cl)n2)n1)C(F)(F)F. The first-order valence-electron chi connectivity index (χ1n) is 9.84. The molecule has 2 N–H and O–H groups in total. The van der Waals surface area contributed by atoms with Gasteiger partial charge in [-0.25, -0.2) is 4.98 Å². The van der Waals surface area contributed by atoms with Crippen LogP contribution in [0.3, 0.4) is 0 Å². The van der Waals surface area contributed by atoms with Crippen molar-refractivity contribution in [1.29, 1.82) is 0 Å². The van der Waals surface area contributed by atoms with Gasteiger partial charge in [-0.05, 0) is 25.8 Å². The number of hydrogen-bond donors (Lipinski definition) is 2. The van der Waals surface area contributed by atoms with E-state index in [2.05, 4.69) is 19.9 Å². The number of halogens is 7. The molecule has 2 aromatic heterocycles. The predicted molar refractivity (Wildman–Crippen MR) is 86.3 cm³/mol. The number of anilines is 2. The van der Waals surface area contributed by atoms with Gasteiger partial charge in [-0.3, -0.25) is 0 Å². The minimum Gasteiger partial charge on any atom is -0.343 e. The third-order valence-electron chi connectivity index (χ3n) is 2.78. The Morgan fingerprint density at radius 2 is 1.41 bits per heavy atom. The van der Waals surface area contributed by atoms with E-state index in [0.717, 1.165) is 0 Å². The maximum Gasteiger partial charge on any atom is 0.408 e. The maximum absolute atomic E-state index is 13.2. The summed E-state index contributed by atoms with van der Waals surface area (Å²) in [5.74, 6) is -2.82. The molecule has 0 radical (unpaired) electrons. The molecule has 0 aromatic carbocycles. The number of aromatic nitrogens is 4. The van der Waals surface area contributed by atoms with Crippen LogP contribution in [0.5, 0.6) is 0 Å². The first kappa shape index (κ1) is 13.7. The van der Waals surface area contributed by atoms with Gasteiger partial charge in [-0.15, -0.1) is 0 Å². The first-order chi connectivity index (χ1) is 14.8. The number of alkyl halides is 6. The van der Waals surface area contributed by atoms with Crippen molar-refractivity contribution in [2.45, 2.75) is 38.1 Å². The van der Waals surface area contributed by atoms with Gasteiger partial charge < -0.3 is 10.6 Å². The van der Waals surface area contributed by atoms with E-state index < -0.39 is 55.9 Å². The zero-order valence-corrected chi connectivity index (χ0v) is 13.6. The van der Waals surface area contributed by atoms with Crippen LogP contribution in [0.15, 0.2) is 18.2 Å². The summed E-state index contributed by atoms with van der Waals surface area (Å²) in [7, 11) is 0. The van der Waals surface area contributed by atoms with Crippen LogP contribution in [0.2, 0.25) is 5.15 Å². The Kier molecular flexibility index (Phi) is 3.92. The molecule has 2 heterocycles. The van der Waals surface area contributed by atoms with Gasteiger partial charge in [0.2, 0.25) is 11.9 Å². The molecule has 0 aliphatic heterocycles. The van der Waals surface area contributed by atoms with Crippen LogP contribution in [0, 0.1) is 0 Å². The molecule has 2 atom stereocenters. The molecule has 0 spiro atoms. The van der Waals surface area contributed by atoms with Crippen molar-refractivity contribution in [3.63, 3.8) is 0 Å². The average Bonchev–Trinajstić information content (AvgIpc) is 2.60. The lowest BCUT2D eigenvalue weighted by Gasteiger charge is -2.20. The molecule has 0 saturated carbocycles. The molecule has 2 aromatic rings. The van der Waals surface area contributed by atoms with Crippen LogP contribution in [-0.4, -0.2) is 44.4 Å². The van der Waals surface area contributed by atoms with Gasteiger partial charge in [0.25, 0.3) is 0 Å². The Labute approximate surface area is 162 Å². The van der Waals surface area contributed by atoms with Crippen LogP contribution in [-0.2, 0) is 0 Å². The summed E-state index contributed by atoms with van der Waals surface area (Å²) >= 11 is 5.72. The lowest BCUT2D eigenvalue weighted by atomic mass is 10.3. The summed E-state index contributed by atoms with van der Waals surface area (Å²) < 4.78 is 122. The van der Waals surface area contributed by atoms with Gasteiger partial charge in [0.15, 0.2) is 5.82 Å². The van der Waals surface area contributed by atoms with E-state index in [0.29, 0.717) is 0 Å². The van der Waals surface area contributed by atoms with Crippen molar-refractivity contribution in [1.82, 2.24) is 19.9 Å². The number of hydrogen-bond acceptors (Lipinski definition) is 6. The van der Waals surface area contributed by atoms with Crippen LogP contribution in [0.25, 0.3) is 11.5 Å². The molecule has 2 rings (SSSR count). The Balaban J connectivity index is 2.62. The Bertz CT molecular complexity index is 903. The summed E-state index contributed by atoms with van der Waals surface area (Å²) in [6.07, 6.45) is -10.7. The van der Waals surface area contributed by atoms with Crippen LogP contribution in [0.1, 0.15) is 21.9 Å². The van der Waals surface area contributed by atoms with E-state index in [1.807, 2.05) is 0 Å². The highest BCUT2D eigenvalue weighted by molar-refractivity contribution is 6.29. The quantitative estimate of drug-likeness (QED) is 0.554. The third-order valence-corrected chi connectivity index (χ3v) is 2.99. The van der Waals surface area contributed by atoms with E-state index in [-0.39, 0.29) is 10.8 Å². The van der Waals surface area contributed by atoms with Crippen molar-refractivity contribution >= 4 is 23.5 Å². The second-order valence-electron chi connectivity index (χ2n) is 4.89. The summed E-state index contributed by atoms with van der Waals surface area (Å²) in [6, 6.07) is -2.60. The van der Waals surface area contributed by atoms with Crippen LogP contribution < -0.4 is 10.6 Å². The number of nitrogens with zero attached hydrogens (tertiary/aromatic N) is 4. The topological polar surface area (TPSA) is 75.6 Å². The van der Waals surface area contributed by atoms with Crippen molar-refractivity contribution in [3.05, 3.63) is 23.4 Å².